The first-order valence-electron chi connectivity index (χ1n) is 5.76. The van der Waals surface area contributed by atoms with Crippen LogP contribution in [-0.4, -0.2) is 38.7 Å². The first-order chi connectivity index (χ1) is 7.59. The van der Waals surface area contributed by atoms with Crippen molar-refractivity contribution in [1.29, 1.82) is 0 Å². The van der Waals surface area contributed by atoms with Gasteiger partial charge in [-0.05, 0) is 5.92 Å². The average molecular weight is 225 g/mol. The van der Waals surface area contributed by atoms with Crippen LogP contribution in [0.25, 0.3) is 0 Å². The van der Waals surface area contributed by atoms with Crippen molar-refractivity contribution in [2.45, 2.75) is 38.8 Å². The van der Waals surface area contributed by atoms with Crippen molar-refractivity contribution in [2.75, 3.05) is 13.2 Å². The molecule has 1 aromatic rings. The summed E-state index contributed by atoms with van der Waals surface area (Å²) >= 11 is 0. The third-order valence-electron chi connectivity index (χ3n) is 2.80. The maximum absolute atomic E-state index is 10.2. The van der Waals surface area contributed by atoms with Gasteiger partial charge in [0.15, 0.2) is 0 Å². The molecule has 1 fully saturated rings. The van der Waals surface area contributed by atoms with E-state index in [1.807, 2.05) is 4.68 Å². The number of ether oxygens (including phenoxy) is 1. The molecule has 0 radical (unpaired) electrons. The third kappa shape index (κ3) is 2.59. The molecule has 1 atom stereocenters. The van der Waals surface area contributed by atoms with E-state index < -0.39 is 5.60 Å². The lowest BCUT2D eigenvalue weighted by Crippen LogP contribution is -2.33. The van der Waals surface area contributed by atoms with Crippen molar-refractivity contribution in [3.8, 4) is 0 Å². The van der Waals surface area contributed by atoms with Crippen molar-refractivity contribution in [3.63, 3.8) is 0 Å². The molecule has 0 spiro atoms. The number of hydrogen-bond acceptors (Lipinski definition) is 4. The van der Waals surface area contributed by atoms with E-state index in [0.29, 0.717) is 32.0 Å². The predicted octanol–water partition coefficient (Wildman–Crippen LogP) is 0.628. The van der Waals surface area contributed by atoms with Gasteiger partial charge in [0.1, 0.15) is 12.2 Å². The molecule has 1 aliphatic heterocycles. The Labute approximate surface area is 95.4 Å². The molecule has 1 unspecified atom stereocenters. The molecule has 0 bridgehead atoms. The Morgan fingerprint density at radius 1 is 1.62 bits per heavy atom. The molecule has 0 aliphatic carbocycles. The van der Waals surface area contributed by atoms with Gasteiger partial charge in [0.2, 0.25) is 0 Å². The summed E-state index contributed by atoms with van der Waals surface area (Å²) in [6, 6.07) is 0. The fourth-order valence-electron chi connectivity index (χ4n) is 1.95. The Bertz CT molecular complexity index is 343. The van der Waals surface area contributed by atoms with Crippen LogP contribution in [0.5, 0.6) is 0 Å². The maximum atomic E-state index is 10.2. The summed E-state index contributed by atoms with van der Waals surface area (Å²) in [5.74, 6) is 1.37. The normalized spacial score (nSPS) is 25.5. The Hall–Kier alpha value is -0.940. The number of nitrogens with zero attached hydrogens (tertiary/aromatic N) is 3. The second-order valence-corrected chi connectivity index (χ2v) is 4.96. The summed E-state index contributed by atoms with van der Waals surface area (Å²) in [5, 5.41) is 14.4. The van der Waals surface area contributed by atoms with Gasteiger partial charge in [0.25, 0.3) is 0 Å². The van der Waals surface area contributed by atoms with E-state index in [0.717, 1.165) is 12.4 Å². The molecule has 0 amide bonds. The molecule has 0 aromatic carbocycles. The van der Waals surface area contributed by atoms with Gasteiger partial charge in [-0.2, -0.15) is 5.10 Å². The minimum atomic E-state index is -0.748. The molecule has 16 heavy (non-hydrogen) atoms. The molecule has 0 saturated carbocycles. The van der Waals surface area contributed by atoms with Crippen LogP contribution in [0.4, 0.5) is 0 Å². The number of aromatic nitrogens is 3. The van der Waals surface area contributed by atoms with E-state index in [2.05, 4.69) is 23.9 Å². The highest BCUT2D eigenvalue weighted by Crippen LogP contribution is 2.22. The van der Waals surface area contributed by atoms with Gasteiger partial charge in [0, 0.05) is 26.0 Å². The van der Waals surface area contributed by atoms with Crippen LogP contribution in [0.15, 0.2) is 6.33 Å². The van der Waals surface area contributed by atoms with Gasteiger partial charge in [-0.25, -0.2) is 9.67 Å². The van der Waals surface area contributed by atoms with E-state index in [9.17, 15) is 5.11 Å². The van der Waals surface area contributed by atoms with Crippen molar-refractivity contribution >= 4 is 0 Å². The minimum absolute atomic E-state index is 0.404. The topological polar surface area (TPSA) is 60.2 Å². The van der Waals surface area contributed by atoms with E-state index >= 15 is 0 Å². The van der Waals surface area contributed by atoms with Gasteiger partial charge in [-0.15, -0.1) is 0 Å². The standard InChI is InChI=1S/C11H19N3O2/c1-9(2)6-14-10(12-8-13-14)5-11(15)3-4-16-7-11/h8-9,15H,3-7H2,1-2H3. The van der Waals surface area contributed by atoms with Gasteiger partial charge in [-0.3, -0.25) is 0 Å². The van der Waals surface area contributed by atoms with E-state index in [1.54, 1.807) is 6.33 Å². The lowest BCUT2D eigenvalue weighted by atomic mass is 9.99. The van der Waals surface area contributed by atoms with E-state index in [4.69, 9.17) is 4.74 Å². The van der Waals surface area contributed by atoms with Crippen molar-refractivity contribution in [3.05, 3.63) is 12.2 Å². The fourth-order valence-corrected chi connectivity index (χ4v) is 1.95. The molecule has 5 nitrogen and oxygen atoms in total. The van der Waals surface area contributed by atoms with Gasteiger partial charge in [0.05, 0.1) is 12.2 Å². The van der Waals surface area contributed by atoms with Crippen LogP contribution in [0, 0.1) is 5.92 Å². The van der Waals surface area contributed by atoms with Crippen molar-refractivity contribution in [1.82, 2.24) is 14.8 Å². The van der Waals surface area contributed by atoms with Gasteiger partial charge in [-0.1, -0.05) is 13.8 Å². The number of hydrogen-bond donors (Lipinski definition) is 1. The SMILES string of the molecule is CC(C)Cn1ncnc1CC1(O)CCOC1. The summed E-state index contributed by atoms with van der Waals surface area (Å²) in [5.41, 5.74) is -0.748. The van der Waals surface area contributed by atoms with Crippen LogP contribution in [-0.2, 0) is 17.7 Å². The number of rotatable bonds is 4. The molecule has 1 aromatic heterocycles. The molecule has 1 aliphatic rings. The minimum Gasteiger partial charge on any atom is -0.387 e. The van der Waals surface area contributed by atoms with Crippen LogP contribution < -0.4 is 0 Å². The van der Waals surface area contributed by atoms with Gasteiger partial charge >= 0.3 is 0 Å². The molecule has 5 heteroatoms. The first-order valence-corrected chi connectivity index (χ1v) is 5.76. The van der Waals surface area contributed by atoms with Crippen LogP contribution in [0.1, 0.15) is 26.1 Å². The molecule has 1 N–H and O–H groups in total. The molecule has 2 heterocycles. The van der Waals surface area contributed by atoms with E-state index in [1.165, 1.54) is 0 Å². The number of aliphatic hydroxyl groups is 1. The summed E-state index contributed by atoms with van der Waals surface area (Å²) < 4.78 is 7.10. The quantitative estimate of drug-likeness (QED) is 0.816. The summed E-state index contributed by atoms with van der Waals surface area (Å²) in [6.45, 7) is 6.15. The zero-order valence-corrected chi connectivity index (χ0v) is 9.89. The Morgan fingerprint density at radius 2 is 2.44 bits per heavy atom. The first kappa shape index (κ1) is 11.5. The predicted molar refractivity (Wildman–Crippen MR) is 58.9 cm³/mol. The largest absolute Gasteiger partial charge is 0.387 e. The lowest BCUT2D eigenvalue weighted by molar-refractivity contribution is 0.0244. The Kier molecular flexibility index (Phi) is 3.25. The highest BCUT2D eigenvalue weighted by atomic mass is 16.5. The maximum Gasteiger partial charge on any atom is 0.138 e. The van der Waals surface area contributed by atoms with Crippen LogP contribution in [0.2, 0.25) is 0 Å². The Morgan fingerprint density at radius 3 is 3.06 bits per heavy atom. The van der Waals surface area contributed by atoms with E-state index in [-0.39, 0.29) is 0 Å². The zero-order valence-electron chi connectivity index (χ0n) is 9.89. The highest BCUT2D eigenvalue weighted by Gasteiger charge is 2.34. The highest BCUT2D eigenvalue weighted by molar-refractivity contribution is 4.96. The van der Waals surface area contributed by atoms with Gasteiger partial charge < -0.3 is 9.84 Å². The smallest absolute Gasteiger partial charge is 0.138 e. The molecule has 90 valence electrons. The summed E-state index contributed by atoms with van der Waals surface area (Å²) in [7, 11) is 0. The molecule has 2 rings (SSSR count). The second-order valence-electron chi connectivity index (χ2n) is 4.96. The summed E-state index contributed by atoms with van der Waals surface area (Å²) in [6.07, 6.45) is 2.76. The second kappa shape index (κ2) is 4.51. The van der Waals surface area contributed by atoms with Crippen molar-refractivity contribution < 1.29 is 9.84 Å². The van der Waals surface area contributed by atoms with Crippen LogP contribution >= 0.6 is 0 Å². The van der Waals surface area contributed by atoms with Crippen LogP contribution in [0.3, 0.4) is 0 Å². The molecule has 1 saturated heterocycles. The fraction of sp³-hybridized carbons (Fsp3) is 0.818. The van der Waals surface area contributed by atoms with Crippen molar-refractivity contribution in [2.24, 2.45) is 5.92 Å². The molecular formula is C11H19N3O2. The lowest BCUT2D eigenvalue weighted by Gasteiger charge is -2.20. The summed E-state index contributed by atoms with van der Waals surface area (Å²) in [4.78, 5) is 4.21. The molecular weight excluding hydrogens is 206 g/mol. The Balaban J connectivity index is 2.06. The monoisotopic (exact) mass is 225 g/mol. The zero-order chi connectivity index (χ0) is 11.6. The third-order valence-corrected chi connectivity index (χ3v) is 2.80. The average Bonchev–Trinajstić information content (AvgIpc) is 2.77.